The van der Waals surface area contributed by atoms with Gasteiger partial charge in [-0.25, -0.2) is 0 Å². The van der Waals surface area contributed by atoms with E-state index in [1.165, 1.54) is 21.5 Å². The van der Waals surface area contributed by atoms with Gasteiger partial charge in [0, 0.05) is 0 Å². The Morgan fingerprint density at radius 2 is 0.773 bits per heavy atom. The smallest absolute Gasteiger partial charge is 0.0656 e. The second-order valence-electron chi connectivity index (χ2n) is 8.08. The van der Waals surface area contributed by atoms with E-state index in [9.17, 15) is 0 Å². The van der Waals surface area contributed by atoms with Crippen LogP contribution in [0.3, 0.4) is 0 Å². The summed E-state index contributed by atoms with van der Waals surface area (Å²) < 4.78 is 0. The average molecular weight is 325 g/mol. The maximum Gasteiger partial charge on any atom is 0.0775 e. The van der Waals surface area contributed by atoms with Gasteiger partial charge in [-0.05, 0) is 11.1 Å². The molecule has 0 heterocycles. The molecule has 0 fully saturated rings. The van der Waals surface area contributed by atoms with E-state index in [-0.39, 0.29) is 0 Å². The molecule has 0 N–H and O–H groups in total. The molecule has 0 aliphatic heterocycles. The summed E-state index contributed by atoms with van der Waals surface area (Å²) in [7, 11) is -2.38. The van der Waals surface area contributed by atoms with Gasteiger partial charge in [0.25, 0.3) is 0 Å². The second-order valence-corrected chi connectivity index (χ2v) is 18.2. The predicted octanol–water partition coefficient (Wildman–Crippen LogP) is 4.95. The van der Waals surface area contributed by atoms with Crippen molar-refractivity contribution in [2.45, 2.75) is 39.3 Å². The summed E-state index contributed by atoms with van der Waals surface area (Å²) in [6.45, 7) is 14.3. The molecule has 0 saturated carbocycles. The summed E-state index contributed by atoms with van der Waals surface area (Å²) in [6, 6.07) is 18.1. The summed E-state index contributed by atoms with van der Waals surface area (Å²) in [5.74, 6) is 0. The molecule has 0 aromatic heterocycles. The number of hydrogen-bond acceptors (Lipinski definition) is 0. The Balaban J connectivity index is 2.12. The highest BCUT2D eigenvalue weighted by molar-refractivity contribution is 6.89. The molecule has 0 unspecified atom stereocenters. The maximum atomic E-state index is 2.39. The fourth-order valence-corrected chi connectivity index (χ4v) is 4.71. The molecule has 0 nitrogen and oxygen atoms in total. The second kappa shape index (κ2) is 6.39. The molecule has 0 radical (unpaired) electrons. The number of benzene rings is 2. The molecule has 0 spiro atoms. The van der Waals surface area contributed by atoms with Crippen molar-refractivity contribution in [3.05, 3.63) is 59.7 Å². The molecule has 0 saturated heterocycles. The monoisotopic (exact) mass is 324 g/mol. The Morgan fingerprint density at radius 1 is 0.500 bits per heavy atom. The van der Waals surface area contributed by atoms with Gasteiger partial charge in [-0.2, -0.15) is 0 Å². The SMILES string of the molecule is C[Si](C)(C)c1ccc(C=Cc2ccc([Si](C)(C)C)cc2)cc1. The van der Waals surface area contributed by atoms with E-state index < -0.39 is 16.1 Å². The fourth-order valence-electron chi connectivity index (χ4n) is 2.38. The average Bonchev–Trinajstić information content (AvgIpc) is 2.44. The van der Waals surface area contributed by atoms with Crippen LogP contribution in [0.25, 0.3) is 12.2 Å². The Bertz CT molecular complexity index is 577. The summed E-state index contributed by atoms with van der Waals surface area (Å²) in [5.41, 5.74) is 2.55. The van der Waals surface area contributed by atoms with Crippen molar-refractivity contribution in [1.29, 1.82) is 0 Å². The first-order valence-corrected chi connectivity index (χ1v) is 15.1. The van der Waals surface area contributed by atoms with Gasteiger partial charge < -0.3 is 0 Å². The standard InChI is InChI=1S/C20H28Si2/c1-21(2,3)19-13-9-17(10-14-19)7-8-18-11-15-20(16-12-18)22(4,5)6/h7-16H,1-6H3. The van der Waals surface area contributed by atoms with Crippen LogP contribution < -0.4 is 10.4 Å². The summed E-state index contributed by atoms with van der Waals surface area (Å²) >= 11 is 0. The minimum Gasteiger partial charge on any atom is -0.0656 e. The lowest BCUT2D eigenvalue weighted by Gasteiger charge is -2.16. The van der Waals surface area contributed by atoms with Crippen LogP contribution in [-0.2, 0) is 0 Å². The maximum absolute atomic E-state index is 2.39. The van der Waals surface area contributed by atoms with E-state index in [0.717, 1.165) is 0 Å². The van der Waals surface area contributed by atoms with Crippen LogP contribution in [0, 0.1) is 0 Å². The van der Waals surface area contributed by atoms with E-state index in [1.807, 2.05) is 0 Å². The predicted molar refractivity (Wildman–Crippen MR) is 108 cm³/mol. The summed E-state index contributed by atoms with van der Waals surface area (Å²) in [6.07, 6.45) is 4.41. The number of rotatable bonds is 4. The highest BCUT2D eigenvalue weighted by Gasteiger charge is 2.16. The Hall–Kier alpha value is -1.39. The first-order chi connectivity index (χ1) is 10.2. The van der Waals surface area contributed by atoms with Gasteiger partial charge in [-0.1, -0.05) is 110 Å². The quantitative estimate of drug-likeness (QED) is 0.551. The van der Waals surface area contributed by atoms with Crippen molar-refractivity contribution in [3.8, 4) is 0 Å². The Morgan fingerprint density at radius 3 is 1.00 bits per heavy atom. The molecule has 0 aliphatic rings. The summed E-state index contributed by atoms with van der Waals surface area (Å²) in [5, 5.41) is 3.04. The first-order valence-electron chi connectivity index (χ1n) is 8.05. The van der Waals surface area contributed by atoms with E-state index in [1.54, 1.807) is 0 Å². The zero-order chi connectivity index (χ0) is 16.4. The van der Waals surface area contributed by atoms with Crippen molar-refractivity contribution in [1.82, 2.24) is 0 Å². The Kier molecular flexibility index (Phi) is 4.93. The molecule has 2 aromatic rings. The molecule has 2 heteroatoms. The van der Waals surface area contributed by atoms with Gasteiger partial charge in [0.2, 0.25) is 0 Å². The van der Waals surface area contributed by atoms with E-state index >= 15 is 0 Å². The van der Waals surface area contributed by atoms with Crippen LogP contribution in [0.15, 0.2) is 48.5 Å². The molecular weight excluding hydrogens is 296 g/mol. The first kappa shape index (κ1) is 17.0. The van der Waals surface area contributed by atoms with E-state index in [0.29, 0.717) is 0 Å². The van der Waals surface area contributed by atoms with Crippen molar-refractivity contribution in [2.24, 2.45) is 0 Å². The molecule has 0 bridgehead atoms. The van der Waals surface area contributed by atoms with Crippen LogP contribution in [0.4, 0.5) is 0 Å². The van der Waals surface area contributed by atoms with Crippen LogP contribution in [0.2, 0.25) is 39.3 Å². The lowest BCUT2D eigenvalue weighted by Crippen LogP contribution is -2.37. The van der Waals surface area contributed by atoms with Crippen LogP contribution >= 0.6 is 0 Å². The lowest BCUT2D eigenvalue weighted by molar-refractivity contribution is 1.63. The third-order valence-electron chi connectivity index (χ3n) is 4.02. The van der Waals surface area contributed by atoms with Crippen molar-refractivity contribution in [3.63, 3.8) is 0 Å². The largest absolute Gasteiger partial charge is 0.0775 e. The lowest BCUT2D eigenvalue weighted by atomic mass is 10.1. The normalized spacial score (nSPS) is 12.8. The summed E-state index contributed by atoms with van der Waals surface area (Å²) in [4.78, 5) is 0. The van der Waals surface area contributed by atoms with Crippen LogP contribution in [-0.4, -0.2) is 16.1 Å². The molecule has 116 valence electrons. The zero-order valence-electron chi connectivity index (χ0n) is 14.8. The van der Waals surface area contributed by atoms with Gasteiger partial charge in [-0.15, -0.1) is 0 Å². The zero-order valence-corrected chi connectivity index (χ0v) is 16.8. The van der Waals surface area contributed by atoms with Gasteiger partial charge in [0.05, 0.1) is 16.1 Å². The topological polar surface area (TPSA) is 0 Å². The molecule has 0 atom stereocenters. The fraction of sp³-hybridized carbons (Fsp3) is 0.300. The van der Waals surface area contributed by atoms with Gasteiger partial charge in [0.1, 0.15) is 0 Å². The van der Waals surface area contributed by atoms with Crippen molar-refractivity contribution >= 4 is 38.7 Å². The third kappa shape index (κ3) is 4.55. The molecule has 0 aliphatic carbocycles. The Labute approximate surface area is 137 Å². The van der Waals surface area contributed by atoms with Crippen LogP contribution in [0.5, 0.6) is 0 Å². The molecule has 2 aromatic carbocycles. The minimum absolute atomic E-state index is 1.19. The molecular formula is C20H28Si2. The van der Waals surface area contributed by atoms with E-state index in [2.05, 4.69) is 100.0 Å². The highest BCUT2D eigenvalue weighted by Crippen LogP contribution is 2.10. The third-order valence-corrected chi connectivity index (χ3v) is 8.15. The van der Waals surface area contributed by atoms with Gasteiger partial charge in [-0.3, -0.25) is 0 Å². The molecule has 0 amide bonds. The van der Waals surface area contributed by atoms with Gasteiger partial charge >= 0.3 is 0 Å². The minimum atomic E-state index is -1.19. The van der Waals surface area contributed by atoms with E-state index in [4.69, 9.17) is 0 Å². The van der Waals surface area contributed by atoms with Gasteiger partial charge in [0.15, 0.2) is 0 Å². The molecule has 2 rings (SSSR count). The van der Waals surface area contributed by atoms with Crippen LogP contribution in [0.1, 0.15) is 11.1 Å². The highest BCUT2D eigenvalue weighted by atomic mass is 28.3. The molecule has 22 heavy (non-hydrogen) atoms. The number of hydrogen-bond donors (Lipinski definition) is 0. The van der Waals surface area contributed by atoms with Crippen molar-refractivity contribution in [2.75, 3.05) is 0 Å². The van der Waals surface area contributed by atoms with Crippen molar-refractivity contribution < 1.29 is 0 Å².